The van der Waals surface area contributed by atoms with Crippen LogP contribution in [0.1, 0.15) is 57.1 Å². The Morgan fingerprint density at radius 3 is 2.47 bits per heavy atom. The smallest absolute Gasteiger partial charge is 0.0928 e. The van der Waals surface area contributed by atoms with Crippen molar-refractivity contribution in [3.05, 3.63) is 34.9 Å². The Morgan fingerprint density at radius 2 is 1.79 bits per heavy atom. The minimum atomic E-state index is 0.130. The van der Waals surface area contributed by atoms with Crippen LogP contribution in [-0.2, 0) is 4.74 Å². The molecule has 1 aromatic rings. The SMILES string of the molecule is CCCCCCCCOC(CI)c1ccccc1Cl. The quantitative estimate of drug-likeness (QED) is 0.261. The van der Waals surface area contributed by atoms with Crippen LogP contribution in [0.25, 0.3) is 0 Å². The fourth-order valence-corrected chi connectivity index (χ4v) is 3.05. The lowest BCUT2D eigenvalue weighted by molar-refractivity contribution is 0.0679. The van der Waals surface area contributed by atoms with Crippen LogP contribution in [-0.4, -0.2) is 11.0 Å². The monoisotopic (exact) mass is 394 g/mol. The summed E-state index contributed by atoms with van der Waals surface area (Å²) in [6, 6.07) is 7.98. The molecule has 0 aliphatic heterocycles. The van der Waals surface area contributed by atoms with E-state index in [9.17, 15) is 0 Å². The van der Waals surface area contributed by atoms with E-state index in [4.69, 9.17) is 16.3 Å². The molecule has 0 aliphatic carbocycles. The summed E-state index contributed by atoms with van der Waals surface area (Å²) in [6.07, 6.45) is 7.91. The van der Waals surface area contributed by atoms with Gasteiger partial charge in [0, 0.05) is 21.6 Å². The van der Waals surface area contributed by atoms with Gasteiger partial charge in [0.25, 0.3) is 0 Å². The molecule has 0 amide bonds. The standard InChI is InChI=1S/C16H24ClIO/c1-2-3-4-5-6-9-12-19-16(13-18)14-10-7-8-11-15(14)17/h7-8,10-11,16H,2-6,9,12-13H2,1H3. The van der Waals surface area contributed by atoms with Gasteiger partial charge in [0.2, 0.25) is 0 Å². The summed E-state index contributed by atoms with van der Waals surface area (Å²) in [7, 11) is 0. The van der Waals surface area contributed by atoms with Gasteiger partial charge in [-0.15, -0.1) is 0 Å². The summed E-state index contributed by atoms with van der Waals surface area (Å²) in [5, 5.41) is 0.812. The second-order valence-corrected chi connectivity index (χ2v) is 6.09. The molecule has 0 aromatic heterocycles. The molecule has 19 heavy (non-hydrogen) atoms. The van der Waals surface area contributed by atoms with Gasteiger partial charge in [-0.25, -0.2) is 0 Å². The molecule has 108 valence electrons. The highest BCUT2D eigenvalue weighted by atomic mass is 127. The highest BCUT2D eigenvalue weighted by Crippen LogP contribution is 2.27. The number of halogens is 2. The van der Waals surface area contributed by atoms with Crippen LogP contribution in [0.5, 0.6) is 0 Å². The van der Waals surface area contributed by atoms with Gasteiger partial charge in [-0.2, -0.15) is 0 Å². The van der Waals surface area contributed by atoms with Crippen LogP contribution in [0.3, 0.4) is 0 Å². The Labute approximate surface area is 136 Å². The second-order valence-electron chi connectivity index (χ2n) is 4.80. The van der Waals surface area contributed by atoms with E-state index in [1.54, 1.807) is 0 Å². The number of hydrogen-bond donors (Lipinski definition) is 0. The van der Waals surface area contributed by atoms with Crippen molar-refractivity contribution >= 4 is 34.2 Å². The molecule has 1 unspecified atom stereocenters. The van der Waals surface area contributed by atoms with Crippen molar-refractivity contribution in [2.45, 2.75) is 51.6 Å². The predicted octanol–water partition coefficient (Wildman–Crippen LogP) is 6.19. The van der Waals surface area contributed by atoms with Crippen molar-refractivity contribution in [1.82, 2.24) is 0 Å². The van der Waals surface area contributed by atoms with E-state index in [-0.39, 0.29) is 6.10 Å². The maximum atomic E-state index is 6.21. The maximum Gasteiger partial charge on any atom is 0.0928 e. The third-order valence-electron chi connectivity index (χ3n) is 3.21. The van der Waals surface area contributed by atoms with Crippen molar-refractivity contribution in [1.29, 1.82) is 0 Å². The Morgan fingerprint density at radius 1 is 1.11 bits per heavy atom. The number of benzene rings is 1. The van der Waals surface area contributed by atoms with E-state index in [1.165, 1.54) is 32.1 Å². The van der Waals surface area contributed by atoms with Crippen molar-refractivity contribution in [2.75, 3.05) is 11.0 Å². The van der Waals surface area contributed by atoms with Crippen LogP contribution in [0.2, 0.25) is 5.02 Å². The zero-order chi connectivity index (χ0) is 13.9. The molecule has 1 nitrogen and oxygen atoms in total. The summed E-state index contributed by atoms with van der Waals surface area (Å²) in [5.41, 5.74) is 1.12. The fourth-order valence-electron chi connectivity index (χ4n) is 2.06. The topological polar surface area (TPSA) is 9.23 Å². The molecule has 0 bridgehead atoms. The Bertz CT molecular complexity index is 343. The molecule has 0 heterocycles. The molecule has 0 aliphatic rings. The van der Waals surface area contributed by atoms with Crippen LogP contribution >= 0.6 is 34.2 Å². The van der Waals surface area contributed by atoms with Crippen LogP contribution < -0.4 is 0 Å². The molecule has 3 heteroatoms. The van der Waals surface area contributed by atoms with E-state index in [1.807, 2.05) is 18.2 Å². The lowest BCUT2D eigenvalue weighted by Crippen LogP contribution is -2.07. The Hall–Kier alpha value is 0.200. The molecule has 0 fully saturated rings. The minimum absolute atomic E-state index is 0.130. The third kappa shape index (κ3) is 6.96. The number of hydrogen-bond acceptors (Lipinski definition) is 1. The first-order chi connectivity index (χ1) is 9.29. The van der Waals surface area contributed by atoms with Crippen LogP contribution in [0, 0.1) is 0 Å². The number of ether oxygens (including phenoxy) is 1. The summed E-state index contributed by atoms with van der Waals surface area (Å²) < 4.78 is 6.91. The number of unbranched alkanes of at least 4 members (excludes halogenated alkanes) is 5. The van der Waals surface area contributed by atoms with Gasteiger partial charge in [-0.1, -0.05) is 91.4 Å². The molecule has 0 saturated carbocycles. The average Bonchev–Trinajstić information content (AvgIpc) is 2.43. The first-order valence-corrected chi connectivity index (χ1v) is 9.12. The second kappa shape index (κ2) is 10.9. The van der Waals surface area contributed by atoms with E-state index in [0.29, 0.717) is 0 Å². The van der Waals surface area contributed by atoms with Crippen LogP contribution in [0.4, 0.5) is 0 Å². The third-order valence-corrected chi connectivity index (χ3v) is 4.35. The van der Waals surface area contributed by atoms with Gasteiger partial charge in [0.1, 0.15) is 0 Å². The Kier molecular flexibility index (Phi) is 9.92. The largest absolute Gasteiger partial charge is 0.373 e. The molecule has 1 atom stereocenters. The molecule has 1 aromatic carbocycles. The first-order valence-electron chi connectivity index (χ1n) is 7.21. The van der Waals surface area contributed by atoms with E-state index >= 15 is 0 Å². The van der Waals surface area contributed by atoms with Crippen molar-refractivity contribution < 1.29 is 4.74 Å². The Balaban J connectivity index is 2.24. The molecule has 1 rings (SSSR count). The lowest BCUT2D eigenvalue weighted by atomic mass is 10.1. The van der Waals surface area contributed by atoms with Gasteiger partial charge in [-0.05, 0) is 12.5 Å². The maximum absolute atomic E-state index is 6.21. The number of alkyl halides is 1. The van der Waals surface area contributed by atoms with Crippen molar-refractivity contribution in [3.8, 4) is 0 Å². The fraction of sp³-hybridized carbons (Fsp3) is 0.625. The zero-order valence-electron chi connectivity index (χ0n) is 11.7. The predicted molar refractivity (Wildman–Crippen MR) is 92.4 cm³/mol. The van der Waals surface area contributed by atoms with Crippen molar-refractivity contribution in [2.24, 2.45) is 0 Å². The highest BCUT2D eigenvalue weighted by molar-refractivity contribution is 14.1. The van der Waals surface area contributed by atoms with Gasteiger partial charge in [0.15, 0.2) is 0 Å². The summed E-state index contributed by atoms with van der Waals surface area (Å²) in [5.74, 6) is 0. The molecular weight excluding hydrogens is 371 g/mol. The van der Waals surface area contributed by atoms with E-state index < -0.39 is 0 Å². The highest BCUT2D eigenvalue weighted by Gasteiger charge is 2.13. The molecular formula is C16H24ClIO. The normalized spacial score (nSPS) is 12.6. The van der Waals surface area contributed by atoms with E-state index in [0.717, 1.165) is 28.0 Å². The zero-order valence-corrected chi connectivity index (χ0v) is 14.6. The van der Waals surface area contributed by atoms with Gasteiger partial charge >= 0.3 is 0 Å². The summed E-state index contributed by atoms with van der Waals surface area (Å²) in [4.78, 5) is 0. The van der Waals surface area contributed by atoms with Gasteiger partial charge in [0.05, 0.1) is 6.10 Å². The first kappa shape index (κ1) is 17.3. The molecule has 0 spiro atoms. The molecule has 0 radical (unpaired) electrons. The van der Waals surface area contributed by atoms with Crippen molar-refractivity contribution in [3.63, 3.8) is 0 Å². The molecule has 0 saturated heterocycles. The van der Waals surface area contributed by atoms with Crippen LogP contribution in [0.15, 0.2) is 24.3 Å². The molecule has 0 N–H and O–H groups in total. The average molecular weight is 395 g/mol. The van der Waals surface area contributed by atoms with Gasteiger partial charge in [-0.3, -0.25) is 0 Å². The number of rotatable bonds is 10. The lowest BCUT2D eigenvalue weighted by Gasteiger charge is -2.17. The van der Waals surface area contributed by atoms with Gasteiger partial charge < -0.3 is 4.74 Å². The van der Waals surface area contributed by atoms with E-state index in [2.05, 4.69) is 35.6 Å². The minimum Gasteiger partial charge on any atom is -0.373 e. The summed E-state index contributed by atoms with van der Waals surface area (Å²) >= 11 is 8.58. The summed E-state index contributed by atoms with van der Waals surface area (Å²) in [6.45, 7) is 3.09.